The number of carbonyl (C=O) groups is 4. The summed E-state index contributed by atoms with van der Waals surface area (Å²) in [6.45, 7) is 9.62. The van der Waals surface area contributed by atoms with E-state index in [1.807, 2.05) is 13.8 Å². The molecule has 0 aliphatic heterocycles. The number of Topliss-reactive ketones (excluding diaryl/α,β-unsaturated/α-hetero) is 4. The molecule has 0 aromatic carbocycles. The zero-order valence-corrected chi connectivity index (χ0v) is 11.0. The molecule has 0 bridgehead atoms. The topological polar surface area (TPSA) is 68.3 Å². The summed E-state index contributed by atoms with van der Waals surface area (Å²) in [6.07, 6.45) is 0.167. The zero-order valence-electron chi connectivity index (χ0n) is 11.0. The lowest BCUT2D eigenvalue weighted by Gasteiger charge is -1.81. The van der Waals surface area contributed by atoms with Gasteiger partial charge in [-0.05, 0) is 27.7 Å². The predicted octanol–water partition coefficient (Wildman–Crippen LogP) is 2.77. The first-order valence-corrected chi connectivity index (χ1v) is 5.23. The number of carbonyl (C=O) groups excluding carboxylic acids is 4. The van der Waals surface area contributed by atoms with E-state index in [0.717, 1.165) is 0 Å². The summed E-state index contributed by atoms with van der Waals surface area (Å²) in [4.78, 5) is 40.1. The van der Waals surface area contributed by atoms with Gasteiger partial charge in [0, 0.05) is 0 Å². The van der Waals surface area contributed by atoms with Crippen molar-refractivity contribution in [2.45, 2.75) is 61.8 Å². The van der Waals surface area contributed by atoms with Crippen molar-refractivity contribution in [2.24, 2.45) is 0 Å². The minimum Gasteiger partial charge on any atom is -0.300 e. The lowest BCUT2D eigenvalue weighted by molar-refractivity contribution is -0.126. The first kappa shape index (κ1) is 24.8. The molecule has 4 heteroatoms. The van der Waals surface area contributed by atoms with E-state index in [1.54, 1.807) is 0 Å². The smallest absolute Gasteiger partial charge is 0.137 e. The number of ketones is 4. The van der Waals surface area contributed by atoms with Gasteiger partial charge in [0.2, 0.25) is 0 Å². The van der Waals surface area contributed by atoms with Crippen LogP contribution in [0.25, 0.3) is 0 Å². The van der Waals surface area contributed by atoms with Crippen molar-refractivity contribution in [1.29, 1.82) is 0 Å². The Kier molecular flexibility index (Phi) is 24.9. The van der Waals surface area contributed by atoms with Crippen LogP contribution in [0, 0.1) is 0 Å². The molecule has 102 valence electrons. The van der Waals surface area contributed by atoms with Gasteiger partial charge in [0.15, 0.2) is 0 Å². The second-order valence-electron chi connectivity index (χ2n) is 3.16. The highest BCUT2D eigenvalue weighted by molar-refractivity contribution is 5.97. The van der Waals surface area contributed by atoms with Crippen LogP contribution < -0.4 is 0 Å². The van der Waals surface area contributed by atoms with E-state index < -0.39 is 0 Å². The van der Waals surface area contributed by atoms with Gasteiger partial charge in [-0.15, -0.1) is 0 Å². The number of rotatable bonds is 4. The Morgan fingerprint density at radius 1 is 0.588 bits per heavy atom. The Morgan fingerprint density at radius 2 is 0.706 bits per heavy atom. The molecule has 0 aliphatic carbocycles. The molecule has 0 saturated carbocycles. The van der Waals surface area contributed by atoms with E-state index in [0.29, 0.717) is 0 Å². The Bertz CT molecular complexity index is 192. The molecule has 0 fully saturated rings. The van der Waals surface area contributed by atoms with Gasteiger partial charge in [-0.2, -0.15) is 0 Å². The largest absolute Gasteiger partial charge is 0.300 e. The monoisotopic (exact) mass is 246 g/mol. The quantitative estimate of drug-likeness (QED) is 0.715. The first-order valence-electron chi connectivity index (χ1n) is 5.23. The van der Waals surface area contributed by atoms with Crippen molar-refractivity contribution < 1.29 is 19.2 Å². The Balaban J connectivity index is -0.0000000823. The van der Waals surface area contributed by atoms with E-state index in [2.05, 4.69) is 0 Å². The zero-order chi connectivity index (χ0) is 13.7. The van der Waals surface area contributed by atoms with Gasteiger partial charge in [-0.1, -0.05) is 21.3 Å². The summed E-state index contributed by atoms with van der Waals surface area (Å²) in [6, 6.07) is 0. The van der Waals surface area contributed by atoms with Gasteiger partial charge in [-0.25, -0.2) is 0 Å². The maximum absolute atomic E-state index is 10.0. The molecule has 0 radical (unpaired) electrons. The standard InChI is InChI=1S/2C5H8O2.C2H6.CH4/c2*1-4(6)3-5(2)7;1-2;/h2*3H2,1-2H3;1-2H3;1H4. The molecule has 17 heavy (non-hydrogen) atoms. The molecule has 0 rings (SSSR count). The highest BCUT2D eigenvalue weighted by Crippen LogP contribution is 1.80. The van der Waals surface area contributed by atoms with Crippen molar-refractivity contribution in [3.8, 4) is 0 Å². The van der Waals surface area contributed by atoms with E-state index in [-0.39, 0.29) is 43.4 Å². The molecule has 0 aliphatic rings. The third kappa shape index (κ3) is 52.9. The van der Waals surface area contributed by atoms with Crippen LogP contribution in [0.2, 0.25) is 0 Å². The lowest BCUT2D eigenvalue weighted by Crippen LogP contribution is -1.97. The van der Waals surface area contributed by atoms with E-state index >= 15 is 0 Å². The number of hydrogen-bond donors (Lipinski definition) is 0. The van der Waals surface area contributed by atoms with Crippen LogP contribution in [0.5, 0.6) is 0 Å². The Hall–Kier alpha value is -1.32. The minimum atomic E-state index is -0.0625. The molecule has 0 saturated heterocycles. The van der Waals surface area contributed by atoms with Gasteiger partial charge in [0.05, 0.1) is 12.8 Å². The summed E-state index contributed by atoms with van der Waals surface area (Å²) in [5, 5.41) is 0. The van der Waals surface area contributed by atoms with Crippen molar-refractivity contribution in [3.05, 3.63) is 0 Å². The average molecular weight is 246 g/mol. The second-order valence-corrected chi connectivity index (χ2v) is 3.16. The number of hydrogen-bond acceptors (Lipinski definition) is 4. The molecular weight excluding hydrogens is 220 g/mol. The Labute approximate surface area is 105 Å². The second kappa shape index (κ2) is 17.1. The van der Waals surface area contributed by atoms with Crippen LogP contribution in [-0.2, 0) is 19.2 Å². The van der Waals surface area contributed by atoms with Gasteiger partial charge >= 0.3 is 0 Å². The van der Waals surface area contributed by atoms with Gasteiger partial charge in [-0.3, -0.25) is 19.2 Å². The third-order valence-corrected chi connectivity index (χ3v) is 0.996. The normalized spacial score (nSPS) is 7.18. The van der Waals surface area contributed by atoms with Crippen molar-refractivity contribution >= 4 is 23.1 Å². The highest BCUT2D eigenvalue weighted by Gasteiger charge is 1.95. The van der Waals surface area contributed by atoms with Gasteiger partial charge in [0.1, 0.15) is 23.1 Å². The maximum atomic E-state index is 10.0. The predicted molar refractivity (Wildman–Crippen MR) is 70.0 cm³/mol. The lowest BCUT2D eigenvalue weighted by atomic mass is 10.2. The van der Waals surface area contributed by atoms with Crippen molar-refractivity contribution in [2.75, 3.05) is 0 Å². The van der Waals surface area contributed by atoms with Gasteiger partial charge in [0.25, 0.3) is 0 Å². The third-order valence-electron chi connectivity index (χ3n) is 0.996. The van der Waals surface area contributed by atoms with E-state index in [4.69, 9.17) is 0 Å². The summed E-state index contributed by atoms with van der Waals surface area (Å²) in [5.74, 6) is -0.250. The minimum absolute atomic E-state index is 0. The Morgan fingerprint density at radius 3 is 0.706 bits per heavy atom. The molecule has 0 heterocycles. The van der Waals surface area contributed by atoms with E-state index in [9.17, 15) is 19.2 Å². The van der Waals surface area contributed by atoms with Gasteiger partial charge < -0.3 is 0 Å². The molecule has 0 atom stereocenters. The molecule has 4 nitrogen and oxygen atoms in total. The van der Waals surface area contributed by atoms with Crippen LogP contribution in [0.15, 0.2) is 0 Å². The van der Waals surface area contributed by atoms with Crippen LogP contribution in [0.3, 0.4) is 0 Å². The summed E-state index contributed by atoms with van der Waals surface area (Å²) in [7, 11) is 0. The summed E-state index contributed by atoms with van der Waals surface area (Å²) < 4.78 is 0. The van der Waals surface area contributed by atoms with Crippen LogP contribution in [0.4, 0.5) is 0 Å². The maximum Gasteiger partial charge on any atom is 0.137 e. The molecule has 0 unspecified atom stereocenters. The summed E-state index contributed by atoms with van der Waals surface area (Å²) in [5.41, 5.74) is 0. The molecule has 0 amide bonds. The van der Waals surface area contributed by atoms with Crippen LogP contribution in [-0.4, -0.2) is 23.1 Å². The molecular formula is C13H26O4. The summed E-state index contributed by atoms with van der Waals surface area (Å²) >= 11 is 0. The fraction of sp³-hybridized carbons (Fsp3) is 0.692. The molecule has 0 aromatic rings. The fourth-order valence-electron chi connectivity index (χ4n) is 0.701. The molecule has 0 N–H and O–H groups in total. The highest BCUT2D eigenvalue weighted by atomic mass is 16.2. The first-order chi connectivity index (χ1) is 7.25. The van der Waals surface area contributed by atoms with Crippen LogP contribution >= 0.6 is 0 Å². The van der Waals surface area contributed by atoms with Crippen LogP contribution in [0.1, 0.15) is 61.8 Å². The van der Waals surface area contributed by atoms with E-state index in [1.165, 1.54) is 27.7 Å². The van der Waals surface area contributed by atoms with Crippen molar-refractivity contribution in [3.63, 3.8) is 0 Å². The van der Waals surface area contributed by atoms with Crippen molar-refractivity contribution in [1.82, 2.24) is 0 Å². The molecule has 0 aromatic heterocycles. The molecule has 0 spiro atoms. The fourth-order valence-corrected chi connectivity index (χ4v) is 0.701. The SMILES string of the molecule is C.CC.CC(=O)CC(C)=O.CC(=O)CC(C)=O. The average Bonchev–Trinajstić information content (AvgIpc) is 2.03.